The van der Waals surface area contributed by atoms with E-state index in [1.54, 1.807) is 11.3 Å². The van der Waals surface area contributed by atoms with Crippen molar-refractivity contribution in [2.24, 2.45) is 0 Å². The van der Waals surface area contributed by atoms with E-state index in [9.17, 15) is 0 Å². The summed E-state index contributed by atoms with van der Waals surface area (Å²) in [5.41, 5.74) is 9.49. The maximum atomic E-state index is 6.10. The van der Waals surface area contributed by atoms with Crippen molar-refractivity contribution in [1.82, 2.24) is 9.36 Å². The smallest absolute Gasteiger partial charge is 0.148 e. The van der Waals surface area contributed by atoms with E-state index in [0.717, 1.165) is 40.8 Å². The van der Waals surface area contributed by atoms with Gasteiger partial charge in [0.2, 0.25) is 0 Å². The van der Waals surface area contributed by atoms with Crippen LogP contribution in [0, 0.1) is 6.92 Å². The summed E-state index contributed by atoms with van der Waals surface area (Å²) in [6.45, 7) is 3.98. The number of fused-ring (bicyclic) bond motifs is 1. The molecule has 4 nitrogen and oxygen atoms in total. The van der Waals surface area contributed by atoms with E-state index >= 15 is 0 Å². The number of hydrogen-bond donors (Lipinski definition) is 1. The normalized spacial score (nSPS) is 14.4. The largest absolute Gasteiger partial charge is 0.382 e. The molecular weight excluding hydrogens is 320 g/mol. The Morgan fingerprint density at radius 1 is 1.33 bits per heavy atom. The summed E-state index contributed by atoms with van der Waals surface area (Å²) in [5.74, 6) is 0.594. The highest BCUT2D eigenvalue weighted by Gasteiger charge is 2.24. The number of anilines is 2. The highest BCUT2D eigenvalue weighted by atomic mass is 32.1. The highest BCUT2D eigenvalue weighted by Crippen LogP contribution is 2.41. The van der Waals surface area contributed by atoms with E-state index in [-0.39, 0.29) is 0 Å². The fraction of sp³-hybridized carbons (Fsp3) is 0.286. The number of nitrogen functional groups attached to an aromatic ring is 1. The first-order valence-electron chi connectivity index (χ1n) is 6.70. The van der Waals surface area contributed by atoms with Gasteiger partial charge in [0.25, 0.3) is 0 Å². The van der Waals surface area contributed by atoms with Crippen LogP contribution in [0.4, 0.5) is 10.8 Å². The molecule has 0 unspecified atom stereocenters. The number of rotatable bonds is 2. The van der Waals surface area contributed by atoms with E-state index in [2.05, 4.69) is 31.1 Å². The lowest BCUT2D eigenvalue weighted by Gasteiger charge is -2.28. The fourth-order valence-corrected chi connectivity index (χ4v) is 4.99. The molecule has 4 heterocycles. The molecular formula is C14H14N4S3. The first-order valence-corrected chi connectivity index (χ1v) is 9.23. The van der Waals surface area contributed by atoms with Crippen molar-refractivity contribution in [2.75, 3.05) is 17.2 Å². The summed E-state index contributed by atoms with van der Waals surface area (Å²) in [5, 5.41) is 6.45. The average Bonchev–Trinajstić information content (AvgIpc) is 3.17. The second kappa shape index (κ2) is 5.08. The lowest BCUT2D eigenvalue weighted by Crippen LogP contribution is -2.29. The molecule has 0 aliphatic carbocycles. The second-order valence-electron chi connectivity index (χ2n) is 5.04. The number of nitrogens with two attached hydrogens (primary N) is 1. The summed E-state index contributed by atoms with van der Waals surface area (Å²) >= 11 is 4.99. The lowest BCUT2D eigenvalue weighted by molar-refractivity contribution is 0.751. The molecule has 4 rings (SSSR count). The number of thiazole rings is 1. The number of aryl methyl sites for hydroxylation is 1. The van der Waals surface area contributed by atoms with Crippen molar-refractivity contribution in [3.05, 3.63) is 32.3 Å². The minimum atomic E-state index is 0.594. The summed E-state index contributed by atoms with van der Waals surface area (Å²) in [7, 11) is 0. The lowest BCUT2D eigenvalue weighted by atomic mass is 10.1. The summed E-state index contributed by atoms with van der Waals surface area (Å²) < 4.78 is 4.37. The molecule has 0 spiro atoms. The van der Waals surface area contributed by atoms with Crippen LogP contribution in [0.2, 0.25) is 0 Å². The Kier molecular flexibility index (Phi) is 3.20. The van der Waals surface area contributed by atoms with Crippen molar-refractivity contribution < 1.29 is 0 Å². The van der Waals surface area contributed by atoms with Crippen LogP contribution in [0.15, 0.2) is 16.8 Å². The molecule has 3 aromatic heterocycles. The van der Waals surface area contributed by atoms with Gasteiger partial charge in [-0.25, -0.2) is 4.98 Å². The molecule has 21 heavy (non-hydrogen) atoms. The topological polar surface area (TPSA) is 55.0 Å². The van der Waals surface area contributed by atoms with Gasteiger partial charge in [0.1, 0.15) is 10.8 Å². The van der Waals surface area contributed by atoms with Crippen LogP contribution in [0.25, 0.3) is 11.3 Å². The van der Waals surface area contributed by atoms with Crippen molar-refractivity contribution in [3.8, 4) is 11.3 Å². The minimum Gasteiger partial charge on any atom is -0.382 e. The molecule has 2 N–H and O–H groups in total. The van der Waals surface area contributed by atoms with E-state index in [0.29, 0.717) is 5.82 Å². The predicted molar refractivity (Wildman–Crippen MR) is 91.4 cm³/mol. The minimum absolute atomic E-state index is 0.594. The van der Waals surface area contributed by atoms with Crippen molar-refractivity contribution in [2.45, 2.75) is 19.9 Å². The maximum Gasteiger partial charge on any atom is 0.148 e. The van der Waals surface area contributed by atoms with E-state index in [4.69, 9.17) is 5.73 Å². The summed E-state index contributed by atoms with van der Waals surface area (Å²) in [6.07, 6.45) is 1.10. The predicted octanol–water partition coefficient (Wildman–Crippen LogP) is 3.78. The van der Waals surface area contributed by atoms with Gasteiger partial charge in [-0.2, -0.15) is 4.37 Å². The molecule has 0 saturated carbocycles. The third-order valence-corrected chi connectivity index (χ3v) is 6.39. The molecule has 0 fully saturated rings. The van der Waals surface area contributed by atoms with Crippen molar-refractivity contribution in [1.29, 1.82) is 0 Å². The fourth-order valence-electron chi connectivity index (χ4n) is 2.65. The Bertz CT molecular complexity index is 786. The van der Waals surface area contributed by atoms with Crippen LogP contribution in [-0.4, -0.2) is 15.9 Å². The van der Waals surface area contributed by atoms with E-state index in [1.807, 2.05) is 18.3 Å². The van der Waals surface area contributed by atoms with Gasteiger partial charge in [-0.1, -0.05) is 0 Å². The first kappa shape index (κ1) is 13.2. The average molecular weight is 334 g/mol. The van der Waals surface area contributed by atoms with Gasteiger partial charge >= 0.3 is 0 Å². The Hall–Kier alpha value is -1.44. The van der Waals surface area contributed by atoms with Gasteiger partial charge in [-0.3, -0.25) is 0 Å². The zero-order chi connectivity index (χ0) is 14.4. The van der Waals surface area contributed by atoms with Gasteiger partial charge in [0.05, 0.1) is 16.3 Å². The molecule has 108 valence electrons. The molecule has 0 atom stereocenters. The van der Waals surface area contributed by atoms with Crippen molar-refractivity contribution >= 4 is 45.0 Å². The molecule has 1 aliphatic rings. The second-order valence-corrected chi connectivity index (χ2v) is 7.86. The zero-order valence-electron chi connectivity index (χ0n) is 11.5. The van der Waals surface area contributed by atoms with Crippen LogP contribution < -0.4 is 10.6 Å². The molecule has 0 saturated heterocycles. The Balaban J connectivity index is 1.74. The molecule has 0 bridgehead atoms. The van der Waals surface area contributed by atoms with Crippen LogP contribution in [-0.2, 0) is 13.0 Å². The molecule has 0 amide bonds. The van der Waals surface area contributed by atoms with Gasteiger partial charge in [-0.15, -0.1) is 22.7 Å². The third kappa shape index (κ3) is 2.25. The first-order chi connectivity index (χ1) is 10.2. The van der Waals surface area contributed by atoms with Crippen LogP contribution in [0.5, 0.6) is 0 Å². The standard InChI is InChI=1S/C14H14N4S3/c1-8-16-10(7-20-8)12-13(15)17-21-14(12)18-4-2-11-9(6-18)3-5-19-11/h3,5,7H,2,4,6H2,1H3,(H2,15,17). The Morgan fingerprint density at radius 3 is 3.05 bits per heavy atom. The van der Waals surface area contributed by atoms with Gasteiger partial charge in [0, 0.05) is 23.3 Å². The monoisotopic (exact) mass is 334 g/mol. The quantitative estimate of drug-likeness (QED) is 0.775. The van der Waals surface area contributed by atoms with Crippen molar-refractivity contribution in [3.63, 3.8) is 0 Å². The number of thiophene rings is 1. The summed E-state index contributed by atoms with van der Waals surface area (Å²) in [6, 6.07) is 2.23. The van der Waals surface area contributed by atoms with Gasteiger partial charge < -0.3 is 10.6 Å². The molecule has 0 aromatic carbocycles. The number of nitrogens with zero attached hydrogens (tertiary/aromatic N) is 3. The third-order valence-electron chi connectivity index (χ3n) is 3.67. The molecule has 7 heteroatoms. The van der Waals surface area contributed by atoms with Crippen LogP contribution in [0.3, 0.4) is 0 Å². The van der Waals surface area contributed by atoms with Crippen LogP contribution in [0.1, 0.15) is 15.4 Å². The van der Waals surface area contributed by atoms with Crippen LogP contribution >= 0.6 is 34.2 Å². The number of hydrogen-bond acceptors (Lipinski definition) is 7. The zero-order valence-corrected chi connectivity index (χ0v) is 13.9. The highest BCUT2D eigenvalue weighted by molar-refractivity contribution is 7.12. The molecule has 0 radical (unpaired) electrons. The van der Waals surface area contributed by atoms with Gasteiger partial charge in [-0.05, 0) is 41.9 Å². The maximum absolute atomic E-state index is 6.10. The number of aromatic nitrogens is 2. The Morgan fingerprint density at radius 2 is 2.24 bits per heavy atom. The molecule has 1 aliphatic heterocycles. The van der Waals surface area contributed by atoms with Gasteiger partial charge in [0.15, 0.2) is 0 Å². The SMILES string of the molecule is Cc1nc(-c2c(N)nsc2N2CCc3sccc3C2)cs1. The summed E-state index contributed by atoms with van der Waals surface area (Å²) in [4.78, 5) is 8.48. The Labute approximate surface area is 135 Å². The van der Waals surface area contributed by atoms with E-state index in [1.165, 1.54) is 22.0 Å². The van der Waals surface area contributed by atoms with E-state index < -0.39 is 0 Å². The molecule has 3 aromatic rings.